The number of fused-ring (bicyclic) bond motifs is 1. The minimum Gasteiger partial charge on any atom is -0.492 e. The first-order valence-electron chi connectivity index (χ1n) is 12.1. The van der Waals surface area contributed by atoms with E-state index in [0.29, 0.717) is 25.3 Å². The summed E-state index contributed by atoms with van der Waals surface area (Å²) in [6.45, 7) is 2.63. The molecule has 0 aliphatic heterocycles. The summed E-state index contributed by atoms with van der Waals surface area (Å²) in [6, 6.07) is 12.3. The van der Waals surface area contributed by atoms with Crippen molar-refractivity contribution in [3.8, 4) is 5.75 Å². The highest BCUT2D eigenvalue weighted by atomic mass is 32.2. The van der Waals surface area contributed by atoms with E-state index in [-0.39, 0.29) is 30.4 Å². The van der Waals surface area contributed by atoms with Crippen molar-refractivity contribution in [3.63, 3.8) is 0 Å². The van der Waals surface area contributed by atoms with Gasteiger partial charge in [-0.2, -0.15) is 4.31 Å². The van der Waals surface area contributed by atoms with Gasteiger partial charge in [-0.3, -0.25) is 0 Å². The summed E-state index contributed by atoms with van der Waals surface area (Å²) < 4.78 is 50.2. The van der Waals surface area contributed by atoms with Crippen molar-refractivity contribution in [2.24, 2.45) is 0 Å². The Hall–Kier alpha value is -2.65. The summed E-state index contributed by atoms with van der Waals surface area (Å²) in [5, 5.41) is 3.01. The highest BCUT2D eigenvalue weighted by Gasteiger charge is 2.35. The predicted molar refractivity (Wildman–Crippen MR) is 132 cm³/mol. The first kappa shape index (κ1) is 25.4. The zero-order valence-electron chi connectivity index (χ0n) is 20.2. The lowest BCUT2D eigenvalue weighted by Gasteiger charge is -2.34. The zero-order valence-corrected chi connectivity index (χ0v) is 21.0. The summed E-state index contributed by atoms with van der Waals surface area (Å²) in [5.74, 6) is 0.328. The van der Waals surface area contributed by atoms with E-state index in [1.54, 1.807) is 19.1 Å². The fourth-order valence-electron chi connectivity index (χ4n) is 4.82. The van der Waals surface area contributed by atoms with Crippen molar-refractivity contribution in [2.75, 3.05) is 26.0 Å². The van der Waals surface area contributed by atoms with Crippen LogP contribution in [0.15, 0.2) is 42.5 Å². The highest BCUT2D eigenvalue weighted by Crippen LogP contribution is 2.37. The lowest BCUT2D eigenvalue weighted by atomic mass is 9.76. The van der Waals surface area contributed by atoms with Gasteiger partial charge < -0.3 is 14.8 Å². The van der Waals surface area contributed by atoms with Gasteiger partial charge in [-0.1, -0.05) is 18.2 Å². The van der Waals surface area contributed by atoms with Crippen LogP contribution in [0.25, 0.3) is 0 Å². The molecule has 0 bridgehead atoms. The van der Waals surface area contributed by atoms with E-state index in [1.807, 2.05) is 18.2 Å². The smallest absolute Gasteiger partial charge is 0.407 e. The SMILES string of the molecule is CCOC(=O)NC1CCc2ccc(OCCN(C3CC3)S(C)(=O)=O)cc2C1Cc1ccc(F)cc1. The first-order chi connectivity index (χ1) is 16.7. The maximum Gasteiger partial charge on any atom is 0.407 e. The number of sulfonamides is 1. The van der Waals surface area contributed by atoms with Crippen LogP contribution < -0.4 is 10.1 Å². The Balaban J connectivity index is 1.52. The van der Waals surface area contributed by atoms with Crippen LogP contribution in [0.5, 0.6) is 5.75 Å². The first-order valence-corrected chi connectivity index (χ1v) is 14.0. The molecule has 2 unspecified atom stereocenters. The largest absolute Gasteiger partial charge is 0.492 e. The monoisotopic (exact) mass is 504 g/mol. The van der Waals surface area contributed by atoms with Crippen LogP contribution in [-0.2, 0) is 27.6 Å². The average molecular weight is 505 g/mol. The maximum atomic E-state index is 13.5. The molecule has 0 heterocycles. The fraction of sp³-hybridized carbons (Fsp3) is 0.500. The van der Waals surface area contributed by atoms with Crippen LogP contribution in [0.3, 0.4) is 0 Å². The number of benzene rings is 2. The molecular formula is C26H33FN2O5S. The second-order valence-electron chi connectivity index (χ2n) is 9.26. The molecular weight excluding hydrogens is 471 g/mol. The molecule has 9 heteroatoms. The van der Waals surface area contributed by atoms with Crippen molar-refractivity contribution in [3.05, 3.63) is 65.0 Å². The number of carbonyl (C=O) groups is 1. The third-order valence-electron chi connectivity index (χ3n) is 6.64. The molecule has 4 rings (SSSR count). The summed E-state index contributed by atoms with van der Waals surface area (Å²) >= 11 is 0. The molecule has 0 radical (unpaired) electrons. The Bertz CT molecular complexity index is 1130. The highest BCUT2D eigenvalue weighted by molar-refractivity contribution is 7.88. The van der Waals surface area contributed by atoms with Crippen molar-refractivity contribution in [1.82, 2.24) is 9.62 Å². The Morgan fingerprint density at radius 2 is 1.89 bits per heavy atom. The van der Waals surface area contributed by atoms with E-state index in [0.717, 1.165) is 36.8 Å². The van der Waals surface area contributed by atoms with Gasteiger partial charge in [0.2, 0.25) is 10.0 Å². The number of halogens is 1. The number of aryl methyl sites for hydroxylation is 1. The van der Waals surface area contributed by atoms with Crippen LogP contribution in [-0.4, -0.2) is 56.9 Å². The Labute approximate surface area is 206 Å². The summed E-state index contributed by atoms with van der Waals surface area (Å²) in [6.07, 6.45) is 4.77. The standard InChI is InChI=1S/C26H33FN2O5S/c1-3-33-26(30)28-25-13-7-19-6-12-22(34-15-14-29(21-10-11-21)35(2,31)32)17-23(19)24(25)16-18-4-8-20(27)9-5-18/h4-6,8-9,12,17,21,24-25H,3,7,10-11,13-16H2,1-2H3,(H,28,30). The van der Waals surface area contributed by atoms with Crippen molar-refractivity contribution >= 4 is 16.1 Å². The molecule has 190 valence electrons. The zero-order chi connectivity index (χ0) is 25.0. The molecule has 0 aromatic heterocycles. The summed E-state index contributed by atoms with van der Waals surface area (Å²) in [4.78, 5) is 12.2. The molecule has 2 aromatic rings. The van der Waals surface area contributed by atoms with Gasteiger partial charge in [0.05, 0.1) is 12.9 Å². The van der Waals surface area contributed by atoms with Gasteiger partial charge in [-0.05, 0) is 80.0 Å². The lowest BCUT2D eigenvalue weighted by Crippen LogP contribution is -2.43. The number of rotatable bonds is 10. The molecule has 2 aliphatic carbocycles. The topological polar surface area (TPSA) is 84.9 Å². The minimum absolute atomic E-state index is 0.0452. The van der Waals surface area contributed by atoms with Crippen molar-refractivity contribution in [2.45, 2.75) is 57.0 Å². The molecule has 2 atom stereocenters. The van der Waals surface area contributed by atoms with Gasteiger partial charge in [0.15, 0.2) is 0 Å². The average Bonchev–Trinajstić information content (AvgIpc) is 3.64. The van der Waals surface area contributed by atoms with Gasteiger partial charge in [-0.25, -0.2) is 17.6 Å². The molecule has 1 fully saturated rings. The normalized spacial score (nSPS) is 19.8. The number of ether oxygens (including phenoxy) is 2. The van der Waals surface area contributed by atoms with Gasteiger partial charge in [0, 0.05) is 24.5 Å². The molecule has 7 nitrogen and oxygen atoms in total. The molecule has 1 amide bonds. The van der Waals surface area contributed by atoms with Crippen LogP contribution in [0.2, 0.25) is 0 Å². The Kier molecular flexibility index (Phi) is 7.96. The fourth-order valence-corrected chi connectivity index (χ4v) is 5.98. The molecule has 2 aliphatic rings. The van der Waals surface area contributed by atoms with Crippen LogP contribution in [0.1, 0.15) is 48.8 Å². The third kappa shape index (κ3) is 6.73. The quantitative estimate of drug-likeness (QED) is 0.528. The minimum atomic E-state index is -3.27. The Morgan fingerprint density at radius 1 is 1.14 bits per heavy atom. The predicted octanol–water partition coefficient (Wildman–Crippen LogP) is 4.02. The molecule has 2 aromatic carbocycles. The maximum absolute atomic E-state index is 13.5. The number of amides is 1. The van der Waals surface area contributed by atoms with E-state index in [4.69, 9.17) is 9.47 Å². The number of carbonyl (C=O) groups excluding carboxylic acids is 1. The molecule has 0 saturated heterocycles. The van der Waals surface area contributed by atoms with E-state index >= 15 is 0 Å². The molecule has 1 N–H and O–H groups in total. The summed E-state index contributed by atoms with van der Waals surface area (Å²) in [7, 11) is -3.27. The van der Waals surface area contributed by atoms with E-state index in [9.17, 15) is 17.6 Å². The van der Waals surface area contributed by atoms with E-state index < -0.39 is 16.1 Å². The second-order valence-corrected chi connectivity index (χ2v) is 11.2. The number of hydrogen-bond donors (Lipinski definition) is 1. The molecule has 0 spiro atoms. The number of alkyl carbamates (subject to hydrolysis) is 1. The number of nitrogens with zero attached hydrogens (tertiary/aromatic N) is 1. The van der Waals surface area contributed by atoms with Gasteiger partial charge in [-0.15, -0.1) is 0 Å². The van der Waals surface area contributed by atoms with Crippen LogP contribution in [0, 0.1) is 5.82 Å². The molecule has 35 heavy (non-hydrogen) atoms. The Morgan fingerprint density at radius 3 is 2.54 bits per heavy atom. The van der Waals surface area contributed by atoms with Crippen LogP contribution >= 0.6 is 0 Å². The number of nitrogens with one attached hydrogen (secondary N) is 1. The van der Waals surface area contributed by atoms with Gasteiger partial charge in [0.1, 0.15) is 18.2 Å². The molecule has 1 saturated carbocycles. The van der Waals surface area contributed by atoms with Gasteiger partial charge >= 0.3 is 6.09 Å². The van der Waals surface area contributed by atoms with Crippen LogP contribution in [0.4, 0.5) is 9.18 Å². The number of hydrogen-bond acceptors (Lipinski definition) is 5. The van der Waals surface area contributed by atoms with Gasteiger partial charge in [0.25, 0.3) is 0 Å². The van der Waals surface area contributed by atoms with Crippen molar-refractivity contribution < 1.29 is 27.1 Å². The second kappa shape index (κ2) is 11.0. The lowest BCUT2D eigenvalue weighted by molar-refractivity contribution is 0.144. The third-order valence-corrected chi connectivity index (χ3v) is 7.97. The van der Waals surface area contributed by atoms with Crippen molar-refractivity contribution in [1.29, 1.82) is 0 Å². The summed E-state index contributed by atoms with van der Waals surface area (Å²) in [5.41, 5.74) is 3.23. The van der Waals surface area contributed by atoms with E-state index in [2.05, 4.69) is 5.32 Å². The van der Waals surface area contributed by atoms with E-state index in [1.165, 1.54) is 28.3 Å².